The minimum Gasteiger partial charge on any atom is -0.384 e. The summed E-state index contributed by atoms with van der Waals surface area (Å²) in [6.07, 6.45) is 1.03. The van der Waals surface area contributed by atoms with Crippen molar-refractivity contribution in [2.75, 3.05) is 6.61 Å². The van der Waals surface area contributed by atoms with Gasteiger partial charge in [0, 0.05) is 11.1 Å². The van der Waals surface area contributed by atoms with Crippen LogP contribution in [0.3, 0.4) is 0 Å². The monoisotopic (exact) mass is 236 g/mol. The van der Waals surface area contributed by atoms with Gasteiger partial charge in [-0.1, -0.05) is 24.8 Å². The Morgan fingerprint density at radius 2 is 2.24 bits per heavy atom. The fourth-order valence-corrected chi connectivity index (χ4v) is 1.23. The first-order valence-corrected chi connectivity index (χ1v) is 5.67. The average molecular weight is 236 g/mol. The Morgan fingerprint density at radius 3 is 2.82 bits per heavy atom. The molecule has 1 unspecified atom stereocenters. The third-order valence-corrected chi connectivity index (χ3v) is 2.46. The molecule has 0 bridgehead atoms. The maximum atomic E-state index is 13.6. The van der Waals surface area contributed by atoms with Gasteiger partial charge in [0.2, 0.25) is 0 Å². The summed E-state index contributed by atoms with van der Waals surface area (Å²) in [5, 5.41) is 8.54. The lowest BCUT2D eigenvalue weighted by molar-refractivity contribution is 0.0492. The summed E-state index contributed by atoms with van der Waals surface area (Å²) in [7, 11) is 0. The van der Waals surface area contributed by atoms with Crippen LogP contribution in [0.1, 0.15) is 31.4 Å². The molecule has 0 saturated heterocycles. The quantitative estimate of drug-likeness (QED) is 0.814. The summed E-state index contributed by atoms with van der Waals surface area (Å²) in [5.74, 6) is 4.81. The number of ether oxygens (including phenoxy) is 1. The Kier molecular flexibility index (Phi) is 5.68. The topological polar surface area (TPSA) is 29.5 Å². The second kappa shape index (κ2) is 7.05. The molecule has 1 rings (SSSR count). The van der Waals surface area contributed by atoms with Gasteiger partial charge >= 0.3 is 0 Å². The molecule has 0 fully saturated rings. The van der Waals surface area contributed by atoms with Crippen LogP contribution >= 0.6 is 0 Å². The molecule has 0 saturated carbocycles. The van der Waals surface area contributed by atoms with E-state index in [0.717, 1.165) is 6.42 Å². The van der Waals surface area contributed by atoms with Gasteiger partial charge in [-0.15, -0.1) is 0 Å². The molecule has 0 spiro atoms. The predicted octanol–water partition coefficient (Wildman–Crippen LogP) is 2.48. The van der Waals surface area contributed by atoms with Gasteiger partial charge in [-0.2, -0.15) is 0 Å². The van der Waals surface area contributed by atoms with E-state index in [1.165, 1.54) is 6.07 Å². The maximum Gasteiger partial charge on any atom is 0.129 e. The molecular weight excluding hydrogens is 219 g/mol. The molecule has 1 atom stereocenters. The zero-order valence-corrected chi connectivity index (χ0v) is 10.2. The van der Waals surface area contributed by atoms with Crippen LogP contribution in [0.2, 0.25) is 0 Å². The predicted molar refractivity (Wildman–Crippen MR) is 64.9 cm³/mol. The lowest BCUT2D eigenvalue weighted by Crippen LogP contribution is -2.07. The molecule has 0 radical (unpaired) electrons. The van der Waals surface area contributed by atoms with Crippen molar-refractivity contribution >= 4 is 0 Å². The summed E-state index contributed by atoms with van der Waals surface area (Å²) in [6, 6.07) is 4.75. The van der Waals surface area contributed by atoms with E-state index < -0.39 is 0 Å². The Hall–Kier alpha value is -1.37. The van der Waals surface area contributed by atoms with Crippen LogP contribution in [-0.2, 0) is 11.3 Å². The first-order valence-electron chi connectivity index (χ1n) is 5.67. The highest BCUT2D eigenvalue weighted by Crippen LogP contribution is 2.12. The Morgan fingerprint density at radius 1 is 1.47 bits per heavy atom. The van der Waals surface area contributed by atoms with Crippen molar-refractivity contribution in [3.63, 3.8) is 0 Å². The lowest BCUT2D eigenvalue weighted by Gasteiger charge is -2.11. The fourth-order valence-electron chi connectivity index (χ4n) is 1.23. The number of aliphatic hydroxyl groups excluding tert-OH is 1. The molecule has 2 nitrogen and oxygen atoms in total. The molecule has 17 heavy (non-hydrogen) atoms. The number of benzene rings is 1. The SMILES string of the molecule is CCC(C)OCc1ccc(C#CCO)cc1F. The summed E-state index contributed by atoms with van der Waals surface area (Å²) in [5.41, 5.74) is 1.09. The Balaban J connectivity index is 2.69. The van der Waals surface area contributed by atoms with Crippen LogP contribution in [-0.4, -0.2) is 17.8 Å². The van der Waals surface area contributed by atoms with Crippen molar-refractivity contribution in [3.8, 4) is 11.8 Å². The maximum absolute atomic E-state index is 13.6. The van der Waals surface area contributed by atoms with Gasteiger partial charge < -0.3 is 9.84 Å². The highest BCUT2D eigenvalue weighted by Gasteiger charge is 2.05. The number of rotatable bonds is 4. The van der Waals surface area contributed by atoms with Gasteiger partial charge in [0.1, 0.15) is 12.4 Å². The highest BCUT2D eigenvalue weighted by atomic mass is 19.1. The molecule has 0 aliphatic carbocycles. The molecule has 0 amide bonds. The van der Waals surface area contributed by atoms with Crippen LogP contribution in [0.4, 0.5) is 4.39 Å². The third kappa shape index (κ3) is 4.56. The van der Waals surface area contributed by atoms with E-state index in [9.17, 15) is 4.39 Å². The third-order valence-electron chi connectivity index (χ3n) is 2.46. The van der Waals surface area contributed by atoms with Gasteiger partial charge in [0.05, 0.1) is 12.7 Å². The van der Waals surface area contributed by atoms with Crippen molar-refractivity contribution in [3.05, 3.63) is 35.1 Å². The van der Waals surface area contributed by atoms with Crippen LogP contribution in [0.5, 0.6) is 0 Å². The highest BCUT2D eigenvalue weighted by molar-refractivity contribution is 5.36. The first-order chi connectivity index (χ1) is 8.17. The molecule has 0 aliphatic rings. The van der Waals surface area contributed by atoms with Crippen molar-refractivity contribution < 1.29 is 14.2 Å². The van der Waals surface area contributed by atoms with Gasteiger partial charge in [-0.05, 0) is 25.5 Å². The van der Waals surface area contributed by atoms with Crippen molar-refractivity contribution in [1.82, 2.24) is 0 Å². The zero-order chi connectivity index (χ0) is 12.7. The van der Waals surface area contributed by atoms with Crippen molar-refractivity contribution in [2.45, 2.75) is 33.0 Å². The summed E-state index contributed by atoms with van der Waals surface area (Å²) < 4.78 is 19.1. The van der Waals surface area contributed by atoms with E-state index in [0.29, 0.717) is 11.1 Å². The van der Waals surface area contributed by atoms with Crippen LogP contribution in [0.25, 0.3) is 0 Å². The molecule has 1 N–H and O–H groups in total. The van der Waals surface area contributed by atoms with Crippen LogP contribution in [0, 0.1) is 17.7 Å². The van der Waals surface area contributed by atoms with E-state index in [2.05, 4.69) is 11.8 Å². The Bertz CT molecular complexity index is 418. The van der Waals surface area contributed by atoms with E-state index in [1.807, 2.05) is 13.8 Å². The summed E-state index contributed by atoms with van der Waals surface area (Å²) in [6.45, 7) is 4.03. The van der Waals surface area contributed by atoms with Gasteiger partial charge in [0.25, 0.3) is 0 Å². The van der Waals surface area contributed by atoms with Gasteiger partial charge in [-0.25, -0.2) is 4.39 Å². The van der Waals surface area contributed by atoms with Crippen molar-refractivity contribution in [1.29, 1.82) is 0 Å². The molecule has 92 valence electrons. The molecule has 1 aromatic carbocycles. The Labute approximate surface area is 101 Å². The second-order valence-corrected chi connectivity index (χ2v) is 3.80. The van der Waals surface area contributed by atoms with E-state index in [4.69, 9.17) is 9.84 Å². The van der Waals surface area contributed by atoms with Gasteiger partial charge in [-0.3, -0.25) is 0 Å². The summed E-state index contributed by atoms with van der Waals surface area (Å²) in [4.78, 5) is 0. The van der Waals surface area contributed by atoms with Gasteiger partial charge in [0.15, 0.2) is 0 Å². The van der Waals surface area contributed by atoms with E-state index in [1.54, 1.807) is 12.1 Å². The number of halogens is 1. The van der Waals surface area contributed by atoms with Crippen molar-refractivity contribution in [2.24, 2.45) is 0 Å². The normalized spacial score (nSPS) is 11.8. The zero-order valence-electron chi connectivity index (χ0n) is 10.2. The lowest BCUT2D eigenvalue weighted by atomic mass is 10.1. The second-order valence-electron chi connectivity index (χ2n) is 3.80. The van der Waals surface area contributed by atoms with Crippen LogP contribution in [0.15, 0.2) is 18.2 Å². The molecule has 3 heteroatoms. The largest absolute Gasteiger partial charge is 0.384 e. The van der Waals surface area contributed by atoms with E-state index in [-0.39, 0.29) is 25.1 Å². The minimum atomic E-state index is -0.321. The smallest absolute Gasteiger partial charge is 0.129 e. The summed E-state index contributed by atoms with van der Waals surface area (Å²) >= 11 is 0. The molecule has 1 aromatic rings. The molecule has 0 aromatic heterocycles. The standard InChI is InChI=1S/C14H17FO2/c1-3-11(2)17-10-13-7-6-12(5-4-8-16)9-14(13)15/h6-7,9,11,16H,3,8,10H2,1-2H3. The number of hydrogen-bond donors (Lipinski definition) is 1. The average Bonchev–Trinajstić information content (AvgIpc) is 2.34. The molecule has 0 heterocycles. The fraction of sp³-hybridized carbons (Fsp3) is 0.429. The number of aliphatic hydroxyl groups is 1. The first kappa shape index (κ1) is 13.7. The number of hydrogen-bond acceptors (Lipinski definition) is 2. The molecule has 0 aliphatic heterocycles. The van der Waals surface area contributed by atoms with Crippen LogP contribution < -0.4 is 0 Å². The minimum absolute atomic E-state index is 0.128. The molecular formula is C14H17FO2. The van der Waals surface area contributed by atoms with E-state index >= 15 is 0 Å².